The Kier molecular flexibility index (Phi) is 50.9. The number of rotatable bonds is 48. The first-order valence-corrected chi connectivity index (χ1v) is 27.2. The molecule has 0 saturated carbocycles. The van der Waals surface area contributed by atoms with Crippen LogP contribution >= 0.6 is 0 Å². The van der Waals surface area contributed by atoms with Gasteiger partial charge in [0.1, 0.15) is 13.2 Å². The lowest BCUT2D eigenvalue weighted by Gasteiger charge is -2.18. The van der Waals surface area contributed by atoms with Gasteiger partial charge in [-0.3, -0.25) is 14.4 Å². The predicted octanol–water partition coefficient (Wildman–Crippen LogP) is 18.1. The highest BCUT2D eigenvalue weighted by Crippen LogP contribution is 2.14. The molecule has 6 heteroatoms. The van der Waals surface area contributed by atoms with Gasteiger partial charge in [0.05, 0.1) is 0 Å². The summed E-state index contributed by atoms with van der Waals surface area (Å²) >= 11 is 0. The molecule has 1 unspecified atom stereocenters. The fourth-order valence-electron chi connectivity index (χ4n) is 7.21. The monoisotopic (exact) mass is 917 g/mol. The lowest BCUT2D eigenvalue weighted by molar-refractivity contribution is -0.167. The lowest BCUT2D eigenvalue weighted by Crippen LogP contribution is -2.30. The summed E-state index contributed by atoms with van der Waals surface area (Å²) in [6, 6.07) is 0. The number of hydrogen-bond acceptors (Lipinski definition) is 6. The Labute approximate surface area is 407 Å². The van der Waals surface area contributed by atoms with Gasteiger partial charge in [0.2, 0.25) is 0 Å². The Balaban J connectivity index is 4.41. The fraction of sp³-hybridized carbons (Fsp3) is 0.683. The van der Waals surface area contributed by atoms with E-state index in [2.05, 4.69) is 118 Å². The average Bonchev–Trinajstić information content (AvgIpc) is 3.31. The van der Waals surface area contributed by atoms with Crippen molar-refractivity contribution in [1.29, 1.82) is 0 Å². The third-order valence-electron chi connectivity index (χ3n) is 11.3. The first kappa shape index (κ1) is 62.3. The first-order chi connectivity index (χ1) is 32.5. The van der Waals surface area contributed by atoms with Crippen molar-refractivity contribution in [3.8, 4) is 0 Å². The molecule has 0 aliphatic carbocycles. The predicted molar refractivity (Wildman–Crippen MR) is 284 cm³/mol. The Hall–Kier alpha value is -3.67. The molecule has 66 heavy (non-hydrogen) atoms. The summed E-state index contributed by atoms with van der Waals surface area (Å²) in [5.74, 6) is -0.944. The summed E-state index contributed by atoms with van der Waals surface area (Å²) in [7, 11) is 0. The third-order valence-corrected chi connectivity index (χ3v) is 11.3. The molecule has 0 aromatic rings. The molecular formula is C60H100O6. The summed E-state index contributed by atoms with van der Waals surface area (Å²) in [6.45, 7) is 6.40. The van der Waals surface area contributed by atoms with Gasteiger partial charge in [0.25, 0.3) is 0 Å². The highest BCUT2D eigenvalue weighted by Gasteiger charge is 2.19. The van der Waals surface area contributed by atoms with Crippen LogP contribution in [-0.2, 0) is 28.6 Å². The van der Waals surface area contributed by atoms with E-state index in [4.69, 9.17) is 14.2 Å². The molecule has 1 atom stereocenters. The molecular weight excluding hydrogens is 817 g/mol. The van der Waals surface area contributed by atoms with Gasteiger partial charge in [-0.15, -0.1) is 0 Å². The Morgan fingerprint density at radius 3 is 1.02 bits per heavy atom. The molecule has 0 aromatic heterocycles. The van der Waals surface area contributed by atoms with E-state index in [0.29, 0.717) is 19.3 Å². The van der Waals surface area contributed by atoms with Gasteiger partial charge in [0, 0.05) is 19.3 Å². The minimum absolute atomic E-state index is 0.0952. The molecule has 376 valence electrons. The maximum atomic E-state index is 12.8. The van der Waals surface area contributed by atoms with Gasteiger partial charge in [-0.2, -0.15) is 0 Å². The van der Waals surface area contributed by atoms with Crippen molar-refractivity contribution in [2.45, 2.75) is 252 Å². The molecule has 0 aliphatic rings. The van der Waals surface area contributed by atoms with Gasteiger partial charge in [-0.25, -0.2) is 0 Å². The molecule has 0 heterocycles. The van der Waals surface area contributed by atoms with Crippen LogP contribution in [0.2, 0.25) is 0 Å². The van der Waals surface area contributed by atoms with E-state index in [1.54, 1.807) is 0 Å². The number of carbonyl (C=O) groups excluding carboxylic acids is 3. The van der Waals surface area contributed by atoms with Crippen LogP contribution in [0.5, 0.6) is 0 Å². The van der Waals surface area contributed by atoms with Crippen LogP contribution in [0.1, 0.15) is 245 Å². The molecule has 0 aromatic carbocycles. The van der Waals surface area contributed by atoms with Crippen molar-refractivity contribution in [1.82, 2.24) is 0 Å². The van der Waals surface area contributed by atoms with Gasteiger partial charge in [-0.05, 0) is 116 Å². The van der Waals surface area contributed by atoms with Gasteiger partial charge < -0.3 is 14.2 Å². The van der Waals surface area contributed by atoms with E-state index in [0.717, 1.165) is 122 Å². The highest BCUT2D eigenvalue weighted by atomic mass is 16.6. The standard InChI is InChI=1S/C60H100O6/c1-4-7-10-13-16-19-22-24-26-28-30-32-34-36-38-41-44-47-50-53-59(62)65-56-57(55-64-58(61)52-49-46-43-40-21-18-15-12-9-6-3)66-60(63)54-51-48-45-42-39-37-35-33-31-29-27-25-23-20-17-14-11-8-5-2/h7,10,12,15-17,19-20,24-27,30,32,36,38,57H,4-6,8-9,11,13-14,18,21-23,28-29,31,33-35,37,39-56H2,1-3H3/b10-7-,15-12-,19-16-,20-17-,26-24-,27-25-,32-30-,38-36-. The van der Waals surface area contributed by atoms with Crippen molar-refractivity contribution >= 4 is 17.9 Å². The normalized spacial score (nSPS) is 12.8. The Morgan fingerprint density at radius 2 is 0.621 bits per heavy atom. The van der Waals surface area contributed by atoms with Crippen molar-refractivity contribution in [3.05, 3.63) is 97.2 Å². The Bertz CT molecular complexity index is 1330. The fourth-order valence-corrected chi connectivity index (χ4v) is 7.21. The van der Waals surface area contributed by atoms with Crippen LogP contribution < -0.4 is 0 Å². The van der Waals surface area contributed by atoms with Gasteiger partial charge in [0.15, 0.2) is 6.10 Å². The number of ether oxygens (including phenoxy) is 3. The second kappa shape index (κ2) is 53.9. The zero-order chi connectivity index (χ0) is 47.9. The topological polar surface area (TPSA) is 78.9 Å². The summed E-state index contributed by atoms with van der Waals surface area (Å²) in [5.41, 5.74) is 0. The number of unbranched alkanes of at least 4 members (excludes halogenated alkanes) is 21. The molecule has 0 aliphatic heterocycles. The van der Waals surface area contributed by atoms with Crippen molar-refractivity contribution < 1.29 is 28.6 Å². The van der Waals surface area contributed by atoms with Crippen LogP contribution in [0, 0.1) is 0 Å². The number of carbonyl (C=O) groups is 3. The summed E-state index contributed by atoms with van der Waals surface area (Å²) in [4.78, 5) is 38.0. The molecule has 0 bridgehead atoms. The summed E-state index contributed by atoms with van der Waals surface area (Å²) < 4.78 is 16.8. The van der Waals surface area contributed by atoms with E-state index in [-0.39, 0.29) is 31.1 Å². The minimum atomic E-state index is -0.797. The quantitative estimate of drug-likeness (QED) is 0.0262. The molecule has 0 rings (SSSR count). The van der Waals surface area contributed by atoms with Crippen LogP contribution in [0.4, 0.5) is 0 Å². The molecule has 0 radical (unpaired) electrons. The zero-order valence-corrected chi connectivity index (χ0v) is 42.9. The smallest absolute Gasteiger partial charge is 0.306 e. The Morgan fingerprint density at radius 1 is 0.318 bits per heavy atom. The largest absolute Gasteiger partial charge is 0.462 e. The van der Waals surface area contributed by atoms with E-state index >= 15 is 0 Å². The number of allylic oxidation sites excluding steroid dienone is 16. The number of esters is 3. The van der Waals surface area contributed by atoms with Crippen LogP contribution in [0.15, 0.2) is 97.2 Å². The summed E-state index contributed by atoms with van der Waals surface area (Å²) in [5, 5.41) is 0. The average molecular weight is 917 g/mol. The first-order valence-electron chi connectivity index (χ1n) is 27.2. The van der Waals surface area contributed by atoms with E-state index < -0.39 is 6.10 Å². The van der Waals surface area contributed by atoms with Gasteiger partial charge in [-0.1, -0.05) is 208 Å². The second-order valence-electron chi connectivity index (χ2n) is 17.7. The molecule has 0 amide bonds. The van der Waals surface area contributed by atoms with E-state index in [1.165, 1.54) is 83.5 Å². The van der Waals surface area contributed by atoms with Crippen molar-refractivity contribution in [2.24, 2.45) is 0 Å². The minimum Gasteiger partial charge on any atom is -0.462 e. The second-order valence-corrected chi connectivity index (χ2v) is 17.7. The van der Waals surface area contributed by atoms with Crippen LogP contribution in [-0.4, -0.2) is 37.2 Å². The zero-order valence-electron chi connectivity index (χ0n) is 42.9. The maximum Gasteiger partial charge on any atom is 0.306 e. The maximum absolute atomic E-state index is 12.8. The van der Waals surface area contributed by atoms with E-state index in [9.17, 15) is 14.4 Å². The molecule has 0 fully saturated rings. The molecule has 0 saturated heterocycles. The van der Waals surface area contributed by atoms with Crippen molar-refractivity contribution in [2.75, 3.05) is 13.2 Å². The SMILES string of the molecule is CC/C=C\C/C=C\C/C=C\C/C=C\C/C=C\CCCCCC(=O)OCC(COC(=O)CCCCCCC/C=C\CCC)OC(=O)CCCCCCCCCCC/C=C\C/C=C\CCCCC. The van der Waals surface area contributed by atoms with Crippen LogP contribution in [0.25, 0.3) is 0 Å². The van der Waals surface area contributed by atoms with Crippen molar-refractivity contribution in [3.63, 3.8) is 0 Å². The molecule has 6 nitrogen and oxygen atoms in total. The highest BCUT2D eigenvalue weighted by molar-refractivity contribution is 5.71. The molecule has 0 spiro atoms. The summed E-state index contributed by atoms with van der Waals surface area (Å²) in [6.07, 6.45) is 71.1. The number of hydrogen-bond donors (Lipinski definition) is 0. The van der Waals surface area contributed by atoms with E-state index in [1.807, 2.05) is 0 Å². The third kappa shape index (κ3) is 51.3. The molecule has 0 N–H and O–H groups in total. The van der Waals surface area contributed by atoms with Gasteiger partial charge >= 0.3 is 17.9 Å². The lowest BCUT2D eigenvalue weighted by atomic mass is 10.1. The van der Waals surface area contributed by atoms with Crippen LogP contribution in [0.3, 0.4) is 0 Å².